The maximum Gasteiger partial charge on any atom is 0.220 e. The number of carbonyl (C=O) groups excluding carboxylic acids is 1. The summed E-state index contributed by atoms with van der Waals surface area (Å²) in [6, 6.07) is -0.549. The van der Waals surface area contributed by atoms with Crippen LogP contribution in [-0.2, 0) is 4.79 Å². The third-order valence-electron chi connectivity index (χ3n) is 12.2. The van der Waals surface area contributed by atoms with Gasteiger partial charge in [0.15, 0.2) is 0 Å². The number of carbonyl (C=O) groups is 1. The molecule has 0 rings (SSSR count). The molecule has 0 aliphatic rings. The van der Waals surface area contributed by atoms with Crippen molar-refractivity contribution in [1.29, 1.82) is 0 Å². The van der Waals surface area contributed by atoms with Crippen LogP contribution in [0.5, 0.6) is 0 Å². The van der Waals surface area contributed by atoms with Gasteiger partial charge in [-0.3, -0.25) is 4.79 Å². The first-order chi connectivity index (χ1) is 33.2. The minimum absolute atomic E-state index is 0.0437. The van der Waals surface area contributed by atoms with Gasteiger partial charge in [-0.1, -0.05) is 277 Å². The van der Waals surface area contributed by atoms with E-state index in [1.165, 1.54) is 128 Å². The normalized spacial score (nSPS) is 13.8. The Hall–Kier alpha value is -3.21. The standard InChI is InChI=1S/C63H107NO3/c1-3-5-7-9-11-13-15-17-19-21-22-23-24-25-26-27-28-29-30-31-32-33-34-35-36-37-38-39-40-41-42-43-45-47-49-51-53-55-57-59-63(67)64-61(60-65)62(66)58-56-54-52-50-48-46-44-20-18-16-14-12-10-8-6-4-2/h5,7,11,13,17,19,22-23,25-26,28-29,31-32,34-35,37-38,40-41,61-62,65-66H,3-4,6,8-10,12,14-16,18,20-21,24,27,30,33,36,39,42-60H2,1-2H3,(H,64,67)/b7-5-,13-11-,19-17-,23-22-,26-25-,29-28-,32-31-,35-34-,38-37-,41-40-. The molecule has 0 fully saturated rings. The number of aliphatic hydroxyl groups is 2. The van der Waals surface area contributed by atoms with Crippen LogP contribution in [0.25, 0.3) is 0 Å². The van der Waals surface area contributed by atoms with E-state index in [0.29, 0.717) is 12.8 Å². The van der Waals surface area contributed by atoms with Crippen LogP contribution in [0.4, 0.5) is 0 Å². The topological polar surface area (TPSA) is 69.6 Å². The highest BCUT2D eigenvalue weighted by molar-refractivity contribution is 5.76. The third kappa shape index (κ3) is 53.6. The van der Waals surface area contributed by atoms with Crippen LogP contribution in [0.3, 0.4) is 0 Å². The van der Waals surface area contributed by atoms with Crippen LogP contribution in [-0.4, -0.2) is 34.9 Å². The Morgan fingerprint density at radius 2 is 0.657 bits per heavy atom. The van der Waals surface area contributed by atoms with Crippen LogP contribution < -0.4 is 5.32 Å². The smallest absolute Gasteiger partial charge is 0.220 e. The number of unbranched alkanes of at least 4 members (excludes halogenated alkanes) is 23. The molecule has 0 aromatic heterocycles. The summed E-state index contributed by atoms with van der Waals surface area (Å²) in [6.07, 6.45) is 87.4. The summed E-state index contributed by atoms with van der Waals surface area (Å²) in [6.45, 7) is 4.24. The Morgan fingerprint density at radius 1 is 0.373 bits per heavy atom. The molecule has 0 heterocycles. The molecule has 0 aliphatic carbocycles. The summed E-state index contributed by atoms with van der Waals surface area (Å²) in [5.41, 5.74) is 0. The Labute approximate surface area is 416 Å². The van der Waals surface area contributed by atoms with Gasteiger partial charge in [0.25, 0.3) is 0 Å². The number of amides is 1. The van der Waals surface area contributed by atoms with E-state index >= 15 is 0 Å². The van der Waals surface area contributed by atoms with Crippen LogP contribution in [0.15, 0.2) is 122 Å². The van der Waals surface area contributed by atoms with Gasteiger partial charge >= 0.3 is 0 Å². The van der Waals surface area contributed by atoms with E-state index in [4.69, 9.17) is 0 Å². The third-order valence-corrected chi connectivity index (χ3v) is 12.2. The number of nitrogens with one attached hydrogen (secondary N) is 1. The van der Waals surface area contributed by atoms with Crippen molar-refractivity contribution in [3.63, 3.8) is 0 Å². The second kappa shape index (κ2) is 57.1. The molecular weight excluding hydrogens is 819 g/mol. The van der Waals surface area contributed by atoms with E-state index in [1.54, 1.807) is 0 Å². The van der Waals surface area contributed by atoms with Gasteiger partial charge in [-0.15, -0.1) is 0 Å². The number of hydrogen-bond donors (Lipinski definition) is 3. The Balaban J connectivity index is 3.61. The average Bonchev–Trinajstić information content (AvgIpc) is 3.33. The number of rotatable bonds is 50. The Morgan fingerprint density at radius 3 is 0.985 bits per heavy atom. The SMILES string of the molecule is CC/C=C\C/C=C\C/C=C\C/C=C\C/C=C\C/C=C\C/C=C\C/C=C\C/C=C\C/C=C\CCCCCCCCCCC(=O)NC(CO)C(O)CCCCCCCCCCCCCCCCCC. The molecule has 0 aromatic rings. The fourth-order valence-electron chi connectivity index (χ4n) is 7.98. The molecule has 0 spiro atoms. The van der Waals surface area contributed by atoms with Crippen molar-refractivity contribution in [3.8, 4) is 0 Å². The first kappa shape index (κ1) is 63.8. The van der Waals surface area contributed by atoms with E-state index in [1.807, 2.05) is 0 Å². The molecule has 1 amide bonds. The van der Waals surface area contributed by atoms with Crippen LogP contribution in [0.2, 0.25) is 0 Å². The molecule has 0 aliphatic heterocycles. The minimum atomic E-state index is -0.671. The van der Waals surface area contributed by atoms with Crippen molar-refractivity contribution in [2.75, 3.05) is 6.61 Å². The number of allylic oxidation sites excluding steroid dienone is 20. The molecule has 4 heteroatoms. The lowest BCUT2D eigenvalue weighted by atomic mass is 10.0. The van der Waals surface area contributed by atoms with Crippen molar-refractivity contribution in [2.45, 2.75) is 264 Å². The molecule has 2 atom stereocenters. The molecule has 3 N–H and O–H groups in total. The molecule has 382 valence electrons. The predicted molar refractivity (Wildman–Crippen MR) is 299 cm³/mol. The summed E-state index contributed by atoms with van der Waals surface area (Å²) >= 11 is 0. The highest BCUT2D eigenvalue weighted by Crippen LogP contribution is 2.16. The van der Waals surface area contributed by atoms with Crippen molar-refractivity contribution in [1.82, 2.24) is 5.32 Å². The highest BCUT2D eigenvalue weighted by Gasteiger charge is 2.20. The monoisotopic (exact) mass is 926 g/mol. The zero-order valence-electron chi connectivity index (χ0n) is 43.9. The minimum Gasteiger partial charge on any atom is -0.394 e. The van der Waals surface area contributed by atoms with E-state index in [2.05, 4.69) is 141 Å². The number of hydrogen-bond acceptors (Lipinski definition) is 3. The van der Waals surface area contributed by atoms with E-state index in [9.17, 15) is 15.0 Å². The fraction of sp³-hybridized carbons (Fsp3) is 0.667. The summed E-state index contributed by atoms with van der Waals surface area (Å²) < 4.78 is 0. The lowest BCUT2D eigenvalue weighted by Crippen LogP contribution is -2.45. The molecule has 67 heavy (non-hydrogen) atoms. The quantitative estimate of drug-likeness (QED) is 0.0421. The maximum absolute atomic E-state index is 12.5. The van der Waals surface area contributed by atoms with Crippen LogP contribution >= 0.6 is 0 Å². The van der Waals surface area contributed by atoms with Crippen molar-refractivity contribution < 1.29 is 15.0 Å². The molecular formula is C63H107NO3. The van der Waals surface area contributed by atoms with E-state index < -0.39 is 12.1 Å². The molecule has 0 bridgehead atoms. The lowest BCUT2D eigenvalue weighted by molar-refractivity contribution is -0.123. The Kier molecular flexibility index (Phi) is 54.4. The molecule has 0 saturated heterocycles. The van der Waals surface area contributed by atoms with Gasteiger partial charge in [0.1, 0.15) is 0 Å². The van der Waals surface area contributed by atoms with Gasteiger partial charge in [0, 0.05) is 6.42 Å². The van der Waals surface area contributed by atoms with Crippen LogP contribution in [0.1, 0.15) is 251 Å². The van der Waals surface area contributed by atoms with Gasteiger partial charge in [0.05, 0.1) is 18.8 Å². The fourth-order valence-corrected chi connectivity index (χ4v) is 7.98. The first-order valence-electron chi connectivity index (χ1n) is 28.2. The first-order valence-corrected chi connectivity index (χ1v) is 28.2. The average molecular weight is 927 g/mol. The van der Waals surface area contributed by atoms with Gasteiger partial charge in [0.2, 0.25) is 5.91 Å². The van der Waals surface area contributed by atoms with Crippen LogP contribution in [0, 0.1) is 0 Å². The summed E-state index contributed by atoms with van der Waals surface area (Å²) in [4.78, 5) is 12.5. The Bertz CT molecular complexity index is 1330. The molecule has 0 aromatic carbocycles. The summed E-state index contributed by atoms with van der Waals surface area (Å²) in [5.74, 6) is -0.0437. The van der Waals surface area contributed by atoms with E-state index in [0.717, 1.165) is 96.3 Å². The van der Waals surface area contributed by atoms with Gasteiger partial charge in [-0.2, -0.15) is 0 Å². The summed E-state index contributed by atoms with van der Waals surface area (Å²) in [5, 5.41) is 23.3. The highest BCUT2D eigenvalue weighted by atomic mass is 16.3. The van der Waals surface area contributed by atoms with Crippen molar-refractivity contribution >= 4 is 5.91 Å². The largest absolute Gasteiger partial charge is 0.394 e. The summed E-state index contributed by atoms with van der Waals surface area (Å²) in [7, 11) is 0. The maximum atomic E-state index is 12.5. The molecule has 0 radical (unpaired) electrons. The molecule has 0 saturated carbocycles. The molecule has 4 nitrogen and oxygen atoms in total. The van der Waals surface area contributed by atoms with Gasteiger partial charge in [-0.25, -0.2) is 0 Å². The van der Waals surface area contributed by atoms with Crippen molar-refractivity contribution in [2.24, 2.45) is 0 Å². The zero-order chi connectivity index (χ0) is 48.5. The second-order valence-electron chi connectivity index (χ2n) is 18.6. The van der Waals surface area contributed by atoms with Crippen molar-refractivity contribution in [3.05, 3.63) is 122 Å². The number of aliphatic hydroxyl groups excluding tert-OH is 2. The molecule has 2 unspecified atom stereocenters. The second-order valence-corrected chi connectivity index (χ2v) is 18.6. The zero-order valence-corrected chi connectivity index (χ0v) is 43.9. The predicted octanol–water partition coefficient (Wildman–Crippen LogP) is 18.9. The van der Waals surface area contributed by atoms with Gasteiger partial charge in [-0.05, 0) is 89.9 Å². The van der Waals surface area contributed by atoms with Gasteiger partial charge < -0.3 is 15.5 Å². The van der Waals surface area contributed by atoms with E-state index in [-0.39, 0.29) is 12.5 Å². The lowest BCUT2D eigenvalue weighted by Gasteiger charge is -2.22.